The van der Waals surface area contributed by atoms with Gasteiger partial charge >= 0.3 is 6.16 Å². The fourth-order valence-corrected chi connectivity index (χ4v) is 1.08. The average Bonchev–Trinajstić information content (AvgIpc) is 2.46. The molecule has 5 heteroatoms. The van der Waals surface area contributed by atoms with Crippen LogP contribution in [0.3, 0.4) is 0 Å². The number of nitrogens with zero attached hydrogens (tertiary/aromatic N) is 2. The zero-order valence-corrected chi connectivity index (χ0v) is 8.61. The van der Waals surface area contributed by atoms with E-state index >= 15 is 0 Å². The van der Waals surface area contributed by atoms with Crippen molar-refractivity contribution in [3.8, 4) is 5.88 Å². The van der Waals surface area contributed by atoms with Crippen LogP contribution in [0.2, 0.25) is 0 Å². The predicted molar refractivity (Wildman–Crippen MR) is 50.3 cm³/mol. The number of carbonyl (C=O) groups excluding carboxylic acids is 1. The van der Waals surface area contributed by atoms with Crippen molar-refractivity contribution >= 4 is 6.16 Å². The maximum atomic E-state index is 10.9. The van der Waals surface area contributed by atoms with E-state index in [2.05, 4.69) is 9.84 Å². The van der Waals surface area contributed by atoms with Crippen molar-refractivity contribution in [2.75, 3.05) is 6.61 Å². The smallest absolute Gasteiger partial charge is 0.434 e. The highest BCUT2D eigenvalue weighted by atomic mass is 16.7. The third-order valence-corrected chi connectivity index (χ3v) is 1.71. The third kappa shape index (κ3) is 2.48. The molecule has 14 heavy (non-hydrogen) atoms. The molecule has 1 rings (SSSR count). The van der Waals surface area contributed by atoms with Crippen molar-refractivity contribution in [3.05, 3.63) is 11.8 Å². The first-order valence-electron chi connectivity index (χ1n) is 4.56. The Labute approximate surface area is 82.6 Å². The van der Waals surface area contributed by atoms with Crippen LogP contribution in [-0.2, 0) is 11.3 Å². The number of hydrogen-bond donors (Lipinski definition) is 0. The minimum atomic E-state index is -0.715. The molecule has 0 radical (unpaired) electrons. The van der Waals surface area contributed by atoms with E-state index in [1.807, 2.05) is 13.8 Å². The Bertz CT molecular complexity index is 320. The molecule has 1 heterocycles. The van der Waals surface area contributed by atoms with Crippen molar-refractivity contribution in [1.82, 2.24) is 9.78 Å². The molecule has 0 atom stereocenters. The number of aromatic nitrogens is 2. The van der Waals surface area contributed by atoms with Gasteiger partial charge in [-0.2, -0.15) is 0 Å². The van der Waals surface area contributed by atoms with Crippen LogP contribution in [-0.4, -0.2) is 22.5 Å². The van der Waals surface area contributed by atoms with E-state index in [4.69, 9.17) is 4.74 Å². The minimum absolute atomic E-state index is 0.280. The molecule has 0 aliphatic rings. The van der Waals surface area contributed by atoms with Crippen molar-refractivity contribution in [2.45, 2.75) is 27.3 Å². The quantitative estimate of drug-likeness (QED) is 0.694. The molecule has 0 N–H and O–H groups in total. The molecule has 0 fully saturated rings. The predicted octanol–water partition coefficient (Wildman–Crippen LogP) is 1.75. The van der Waals surface area contributed by atoms with Crippen LogP contribution in [0.25, 0.3) is 0 Å². The summed E-state index contributed by atoms with van der Waals surface area (Å²) in [7, 11) is 0. The zero-order valence-electron chi connectivity index (χ0n) is 8.61. The molecule has 0 saturated heterocycles. The molecule has 0 unspecified atom stereocenters. The van der Waals surface area contributed by atoms with Crippen LogP contribution in [0.5, 0.6) is 5.88 Å². The molecule has 0 aliphatic carbocycles. The van der Waals surface area contributed by atoms with E-state index in [9.17, 15) is 4.79 Å². The lowest BCUT2D eigenvalue weighted by Crippen LogP contribution is -2.10. The van der Waals surface area contributed by atoms with Gasteiger partial charge in [0.15, 0.2) is 0 Å². The summed E-state index contributed by atoms with van der Waals surface area (Å²) in [6, 6.07) is 1.69. The van der Waals surface area contributed by atoms with E-state index < -0.39 is 6.16 Å². The van der Waals surface area contributed by atoms with Gasteiger partial charge in [-0.15, -0.1) is 5.10 Å². The molecular formula is C9H14N2O3. The summed E-state index contributed by atoms with van der Waals surface area (Å²) < 4.78 is 11.2. The summed E-state index contributed by atoms with van der Waals surface area (Å²) >= 11 is 0. The number of hydrogen-bond acceptors (Lipinski definition) is 4. The standard InChI is InChI=1S/C9H14N2O3/c1-4-11-7(3)6-8(10-11)14-9(12)13-5-2/h6H,4-5H2,1-3H3. The fourth-order valence-electron chi connectivity index (χ4n) is 1.08. The van der Waals surface area contributed by atoms with Gasteiger partial charge in [-0.1, -0.05) is 0 Å². The molecule has 0 aliphatic heterocycles. The highest BCUT2D eigenvalue weighted by Gasteiger charge is 2.09. The van der Waals surface area contributed by atoms with Gasteiger partial charge in [0.05, 0.1) is 6.61 Å². The Morgan fingerprint density at radius 1 is 1.57 bits per heavy atom. The molecule has 0 amide bonds. The first-order valence-corrected chi connectivity index (χ1v) is 4.56. The van der Waals surface area contributed by atoms with Gasteiger partial charge in [0, 0.05) is 18.3 Å². The second-order valence-electron chi connectivity index (χ2n) is 2.72. The van der Waals surface area contributed by atoms with Gasteiger partial charge in [-0.05, 0) is 20.8 Å². The van der Waals surface area contributed by atoms with E-state index in [1.54, 1.807) is 17.7 Å². The molecule has 1 aromatic heterocycles. The molecule has 78 valence electrons. The fraction of sp³-hybridized carbons (Fsp3) is 0.556. The first kappa shape index (κ1) is 10.6. The summed E-state index contributed by atoms with van der Waals surface area (Å²) in [4.78, 5) is 10.9. The topological polar surface area (TPSA) is 53.4 Å². The van der Waals surface area contributed by atoms with Gasteiger partial charge in [-0.25, -0.2) is 4.79 Å². The summed E-state index contributed by atoms with van der Waals surface area (Å²) in [5, 5.41) is 4.04. The average molecular weight is 198 g/mol. The first-order chi connectivity index (χ1) is 6.67. The Hall–Kier alpha value is -1.52. The molecule has 0 aromatic carbocycles. The summed E-state index contributed by atoms with van der Waals surface area (Å²) in [5.74, 6) is 0.280. The van der Waals surface area contributed by atoms with Crippen molar-refractivity contribution in [2.24, 2.45) is 0 Å². The summed E-state index contributed by atoms with van der Waals surface area (Å²) in [6.07, 6.45) is -0.715. The van der Waals surface area contributed by atoms with Gasteiger partial charge in [0.2, 0.25) is 5.88 Å². The van der Waals surface area contributed by atoms with E-state index in [0.29, 0.717) is 6.61 Å². The van der Waals surface area contributed by atoms with Crippen LogP contribution >= 0.6 is 0 Å². The normalized spacial score (nSPS) is 9.93. The van der Waals surface area contributed by atoms with Crippen molar-refractivity contribution in [1.29, 1.82) is 0 Å². The zero-order chi connectivity index (χ0) is 10.6. The van der Waals surface area contributed by atoms with Crippen molar-refractivity contribution in [3.63, 3.8) is 0 Å². The number of ether oxygens (including phenoxy) is 2. The maximum Gasteiger partial charge on any atom is 0.515 e. The maximum absolute atomic E-state index is 10.9. The SMILES string of the molecule is CCOC(=O)Oc1cc(C)n(CC)n1. The van der Waals surface area contributed by atoms with Crippen LogP contribution in [0.1, 0.15) is 19.5 Å². The van der Waals surface area contributed by atoms with Gasteiger partial charge < -0.3 is 9.47 Å². The highest BCUT2D eigenvalue weighted by molar-refractivity contribution is 5.62. The lowest BCUT2D eigenvalue weighted by Gasteiger charge is -1.99. The molecule has 1 aromatic rings. The van der Waals surface area contributed by atoms with Crippen LogP contribution < -0.4 is 4.74 Å². The Balaban J connectivity index is 2.63. The number of rotatable bonds is 3. The Kier molecular flexibility index (Phi) is 3.50. The Morgan fingerprint density at radius 3 is 2.79 bits per heavy atom. The summed E-state index contributed by atoms with van der Waals surface area (Å²) in [6.45, 7) is 6.63. The highest BCUT2D eigenvalue weighted by Crippen LogP contribution is 2.11. The molecule has 5 nitrogen and oxygen atoms in total. The van der Waals surface area contributed by atoms with E-state index in [1.165, 1.54) is 0 Å². The van der Waals surface area contributed by atoms with Crippen LogP contribution in [0, 0.1) is 6.92 Å². The summed E-state index contributed by atoms with van der Waals surface area (Å²) in [5.41, 5.74) is 0.951. The lowest BCUT2D eigenvalue weighted by atomic mass is 10.5. The molecule has 0 saturated carbocycles. The largest absolute Gasteiger partial charge is 0.515 e. The second-order valence-corrected chi connectivity index (χ2v) is 2.72. The molecule has 0 bridgehead atoms. The van der Waals surface area contributed by atoms with E-state index in [-0.39, 0.29) is 5.88 Å². The van der Waals surface area contributed by atoms with Crippen molar-refractivity contribution < 1.29 is 14.3 Å². The lowest BCUT2D eigenvalue weighted by molar-refractivity contribution is 0.102. The van der Waals surface area contributed by atoms with Gasteiger partial charge in [-0.3, -0.25) is 4.68 Å². The second kappa shape index (κ2) is 4.64. The monoisotopic (exact) mass is 198 g/mol. The van der Waals surface area contributed by atoms with Gasteiger partial charge in [0.1, 0.15) is 0 Å². The van der Waals surface area contributed by atoms with Gasteiger partial charge in [0.25, 0.3) is 0 Å². The van der Waals surface area contributed by atoms with E-state index in [0.717, 1.165) is 12.2 Å². The third-order valence-electron chi connectivity index (χ3n) is 1.71. The van der Waals surface area contributed by atoms with Crippen LogP contribution in [0.15, 0.2) is 6.07 Å². The Morgan fingerprint density at radius 2 is 2.29 bits per heavy atom. The number of aryl methyl sites for hydroxylation is 2. The number of carbonyl (C=O) groups is 1. The molecular weight excluding hydrogens is 184 g/mol. The van der Waals surface area contributed by atoms with Crippen LogP contribution in [0.4, 0.5) is 4.79 Å². The minimum Gasteiger partial charge on any atom is -0.434 e. The molecule has 0 spiro atoms.